The van der Waals surface area contributed by atoms with Crippen LogP contribution in [-0.4, -0.2) is 58.7 Å². The summed E-state index contributed by atoms with van der Waals surface area (Å²) in [5.74, 6) is 0.953. The Morgan fingerprint density at radius 2 is 1.36 bits per heavy atom. The van der Waals surface area contributed by atoms with Gasteiger partial charge >= 0.3 is 0 Å². The second kappa shape index (κ2) is 13.4. The van der Waals surface area contributed by atoms with Crippen molar-refractivity contribution in [1.82, 2.24) is 35.9 Å². The molecule has 6 rings (SSSR count). The third-order valence-electron chi connectivity index (χ3n) is 7.75. The molecule has 1 saturated carbocycles. The third kappa shape index (κ3) is 6.63. The topological polar surface area (TPSA) is 123 Å². The Bertz CT molecular complexity index is 1680. The minimum atomic E-state index is 0.0883. The number of halogens is 2. The first-order chi connectivity index (χ1) is 21.4. The van der Waals surface area contributed by atoms with Crippen LogP contribution in [0.15, 0.2) is 48.8 Å². The Morgan fingerprint density at radius 3 is 1.86 bits per heavy atom. The summed E-state index contributed by atoms with van der Waals surface area (Å²) in [6, 6.07) is 12.1. The highest BCUT2D eigenvalue weighted by atomic mass is 35.5. The molecule has 1 saturated heterocycles. The zero-order valence-corrected chi connectivity index (χ0v) is 26.0. The van der Waals surface area contributed by atoms with Crippen LogP contribution in [0.3, 0.4) is 0 Å². The van der Waals surface area contributed by atoms with Crippen molar-refractivity contribution in [1.29, 1.82) is 0 Å². The van der Waals surface area contributed by atoms with Gasteiger partial charge in [-0.3, -0.25) is 14.8 Å². The van der Waals surface area contributed by atoms with Gasteiger partial charge in [-0.15, -0.1) is 0 Å². The van der Waals surface area contributed by atoms with Gasteiger partial charge in [-0.05, 0) is 19.3 Å². The molecule has 4 aromatic rings. The van der Waals surface area contributed by atoms with E-state index in [0.717, 1.165) is 23.2 Å². The Morgan fingerprint density at radius 1 is 0.818 bits per heavy atom. The van der Waals surface area contributed by atoms with Gasteiger partial charge in [-0.2, -0.15) is 0 Å². The molecule has 2 fully saturated rings. The number of carbonyl (C=O) groups is 1. The molecule has 0 bridgehead atoms. The Balaban J connectivity index is 1.25. The number of benzene rings is 2. The smallest absolute Gasteiger partial charge is 0.237 e. The second-order valence-corrected chi connectivity index (χ2v) is 11.6. The molecule has 1 atom stereocenters. The van der Waals surface area contributed by atoms with Gasteiger partial charge in [0.15, 0.2) is 0 Å². The van der Waals surface area contributed by atoms with Crippen LogP contribution in [0.2, 0.25) is 10.0 Å². The molecule has 3 N–H and O–H groups in total. The van der Waals surface area contributed by atoms with Crippen molar-refractivity contribution in [3.05, 3.63) is 70.2 Å². The summed E-state index contributed by atoms with van der Waals surface area (Å²) in [5, 5.41) is 10.7. The highest BCUT2D eigenvalue weighted by molar-refractivity contribution is 6.39. The van der Waals surface area contributed by atoms with Crippen LogP contribution in [0.5, 0.6) is 11.8 Å². The van der Waals surface area contributed by atoms with Crippen LogP contribution in [0, 0.1) is 0 Å². The van der Waals surface area contributed by atoms with Crippen LogP contribution in [0.4, 0.5) is 0 Å². The number of hydrogen-bond acceptors (Lipinski definition) is 9. The van der Waals surface area contributed by atoms with Crippen LogP contribution in [0.25, 0.3) is 33.6 Å². The zero-order valence-electron chi connectivity index (χ0n) is 24.5. The number of methoxy groups -OCH3 is 2. The highest BCUT2D eigenvalue weighted by Gasteiger charge is 2.23. The van der Waals surface area contributed by atoms with E-state index in [1.165, 1.54) is 12.8 Å². The van der Waals surface area contributed by atoms with Gasteiger partial charge in [0.05, 0.1) is 48.0 Å². The predicted molar refractivity (Wildman–Crippen MR) is 170 cm³/mol. The molecule has 0 radical (unpaired) electrons. The van der Waals surface area contributed by atoms with E-state index < -0.39 is 0 Å². The first-order valence-corrected chi connectivity index (χ1v) is 15.3. The molecule has 228 valence electrons. The first-order valence-electron chi connectivity index (χ1n) is 14.6. The average Bonchev–Trinajstić information content (AvgIpc) is 3.79. The van der Waals surface area contributed by atoms with Crippen LogP contribution >= 0.6 is 23.2 Å². The van der Waals surface area contributed by atoms with Gasteiger partial charge in [-0.25, -0.2) is 9.97 Å². The highest BCUT2D eigenvalue weighted by Crippen LogP contribution is 2.42. The molecule has 2 aliphatic rings. The van der Waals surface area contributed by atoms with Crippen LogP contribution < -0.4 is 25.4 Å². The molecule has 10 nitrogen and oxygen atoms in total. The van der Waals surface area contributed by atoms with E-state index in [1.807, 2.05) is 36.4 Å². The number of nitrogens with one attached hydrogen (secondary N) is 3. The molecule has 3 heterocycles. The molecule has 1 aliphatic heterocycles. The lowest BCUT2D eigenvalue weighted by Crippen LogP contribution is -2.35. The number of aromatic nitrogens is 4. The van der Waals surface area contributed by atoms with Gasteiger partial charge < -0.3 is 25.4 Å². The summed E-state index contributed by atoms with van der Waals surface area (Å²) in [6.07, 6.45) is 7.16. The lowest BCUT2D eigenvalue weighted by Gasteiger charge is -2.15. The van der Waals surface area contributed by atoms with Gasteiger partial charge in [-0.1, -0.05) is 59.6 Å². The molecule has 2 aromatic heterocycles. The Kier molecular flexibility index (Phi) is 9.22. The second-order valence-electron chi connectivity index (χ2n) is 10.8. The van der Waals surface area contributed by atoms with E-state index in [-0.39, 0.29) is 11.9 Å². The normalized spacial score (nSPS) is 16.2. The maximum absolute atomic E-state index is 11.5. The van der Waals surface area contributed by atoms with E-state index in [2.05, 4.69) is 25.9 Å². The largest absolute Gasteiger partial charge is 0.480 e. The Labute approximate surface area is 265 Å². The van der Waals surface area contributed by atoms with Gasteiger partial charge in [0.2, 0.25) is 17.7 Å². The summed E-state index contributed by atoms with van der Waals surface area (Å²) >= 11 is 14.0. The summed E-state index contributed by atoms with van der Waals surface area (Å²) in [4.78, 5) is 30.1. The van der Waals surface area contributed by atoms with Crippen LogP contribution in [0.1, 0.15) is 37.1 Å². The number of hydrogen-bond donors (Lipinski definition) is 3. The van der Waals surface area contributed by atoms with Crippen molar-refractivity contribution in [2.24, 2.45) is 0 Å². The minimum Gasteiger partial charge on any atom is -0.480 e. The van der Waals surface area contributed by atoms with E-state index in [4.69, 9.17) is 42.6 Å². The van der Waals surface area contributed by atoms with Crippen molar-refractivity contribution in [3.63, 3.8) is 0 Å². The molecular weight excluding hydrogens is 601 g/mol. The monoisotopic (exact) mass is 633 g/mol. The molecule has 1 amide bonds. The first kappa shape index (κ1) is 30.2. The summed E-state index contributed by atoms with van der Waals surface area (Å²) in [6.45, 7) is 1.69. The van der Waals surface area contributed by atoms with E-state index in [0.29, 0.717) is 82.1 Å². The quantitative estimate of drug-likeness (QED) is 0.193. The van der Waals surface area contributed by atoms with Crippen molar-refractivity contribution in [2.75, 3.05) is 20.8 Å². The molecule has 0 spiro atoms. The number of amides is 1. The van der Waals surface area contributed by atoms with E-state index >= 15 is 0 Å². The lowest BCUT2D eigenvalue weighted by atomic mass is 9.98. The van der Waals surface area contributed by atoms with Crippen molar-refractivity contribution in [2.45, 2.75) is 50.9 Å². The average molecular weight is 635 g/mol. The number of nitrogens with zero attached hydrogens (tertiary/aromatic N) is 4. The minimum absolute atomic E-state index is 0.0883. The third-order valence-corrected chi connectivity index (χ3v) is 8.57. The summed E-state index contributed by atoms with van der Waals surface area (Å²) in [5.41, 5.74) is 5.49. The van der Waals surface area contributed by atoms with Crippen molar-refractivity contribution in [3.8, 4) is 45.4 Å². The maximum Gasteiger partial charge on any atom is 0.237 e. The number of rotatable bonds is 12. The fourth-order valence-corrected chi connectivity index (χ4v) is 5.87. The lowest BCUT2D eigenvalue weighted by molar-refractivity contribution is -0.119. The number of ether oxygens (including phenoxy) is 2. The van der Waals surface area contributed by atoms with Crippen molar-refractivity contribution >= 4 is 29.1 Å². The summed E-state index contributed by atoms with van der Waals surface area (Å²) < 4.78 is 11.1. The molecule has 0 unspecified atom stereocenters. The summed E-state index contributed by atoms with van der Waals surface area (Å²) in [7, 11) is 3.15. The van der Waals surface area contributed by atoms with Crippen LogP contribution in [-0.2, 0) is 17.9 Å². The fraction of sp³-hybridized carbons (Fsp3) is 0.344. The van der Waals surface area contributed by atoms with Gasteiger partial charge in [0.25, 0.3) is 0 Å². The van der Waals surface area contributed by atoms with Gasteiger partial charge in [0, 0.05) is 60.4 Å². The molecule has 12 heteroatoms. The number of carbonyl (C=O) groups excluding carboxylic acids is 1. The molecular formula is C32H33Cl2N7O3. The van der Waals surface area contributed by atoms with Gasteiger partial charge in [0.1, 0.15) is 11.4 Å². The zero-order chi connectivity index (χ0) is 30.6. The van der Waals surface area contributed by atoms with E-state index in [9.17, 15) is 4.79 Å². The standard InChI is InChI=1S/C32H33Cl2N7O3/c1-43-31-26(14-35-13-19-11-12-28(42)39-19)37-15-24(40-31)22-7-3-5-20(29(22)33)21-6-4-8-23(30(21)34)25-16-38-27(32(41-25)44-2)17-36-18-9-10-18/h3-8,15-16,18-19,35-36H,9-14,17H2,1-2H3,(H,39,42)/t19-/m0/s1. The van der Waals surface area contributed by atoms with E-state index in [1.54, 1.807) is 26.6 Å². The Hall–Kier alpha value is -3.83. The molecule has 44 heavy (non-hydrogen) atoms. The SMILES string of the molecule is COc1nc(-c2cccc(-c3cccc(-c4cnc(CNC5CC5)c(OC)n4)c3Cl)c2Cl)cnc1CNC[C@@H]1CCC(=O)N1. The predicted octanol–water partition coefficient (Wildman–Crippen LogP) is 5.21. The van der Waals surface area contributed by atoms with Crippen molar-refractivity contribution < 1.29 is 14.3 Å². The maximum atomic E-state index is 11.5. The molecule has 2 aromatic carbocycles. The fourth-order valence-electron chi connectivity index (χ4n) is 5.22. The molecule has 1 aliphatic carbocycles.